The van der Waals surface area contributed by atoms with Crippen molar-refractivity contribution in [2.24, 2.45) is 11.8 Å². The highest BCUT2D eigenvalue weighted by molar-refractivity contribution is 6.24. The summed E-state index contributed by atoms with van der Waals surface area (Å²) >= 11 is 0. The number of fused-ring (bicyclic) bond motifs is 3. The van der Waals surface area contributed by atoms with Crippen molar-refractivity contribution in [1.29, 1.82) is 0 Å². The fourth-order valence-electron chi connectivity index (χ4n) is 10.1. The van der Waals surface area contributed by atoms with Gasteiger partial charge in [-0.3, -0.25) is 28.9 Å². The molecule has 3 heterocycles. The highest BCUT2D eigenvalue weighted by Gasteiger charge is 2.76. The zero-order valence-electron chi connectivity index (χ0n) is 38.8. The highest BCUT2D eigenvalue weighted by atomic mass is 16.6. The lowest BCUT2D eigenvalue weighted by molar-refractivity contribution is -0.178. The third kappa shape index (κ3) is 8.79. The quantitative estimate of drug-likeness (QED) is 0.0377. The molecule has 15 heteroatoms. The second kappa shape index (κ2) is 21.1. The Morgan fingerprint density at radius 2 is 1.47 bits per heavy atom. The van der Waals surface area contributed by atoms with Crippen LogP contribution in [0.3, 0.4) is 0 Å². The second-order valence-electron chi connectivity index (χ2n) is 17.0. The first kappa shape index (κ1) is 48.4. The lowest BCUT2D eigenvalue weighted by atomic mass is 9.65. The SMILES string of the molecule is C=CCNC(=O)[C@H]1[C@@H]2C(=O)O[C@@H](c3ccccc3)[C@@H](c3ccccc3)N2[C@@H](c2ccccc2OCCO)[C@]12C(=O)N(C(=O)N[C@H](C)c1ccccc1)c1ccc(C#CCC(C(=O)OC)C(=O)OC)cc12. The van der Waals surface area contributed by atoms with Crippen molar-refractivity contribution in [2.45, 2.75) is 49.0 Å². The molecule has 8 rings (SSSR count). The minimum atomic E-state index is -2.16. The Kier molecular flexibility index (Phi) is 14.6. The Morgan fingerprint density at radius 1 is 0.843 bits per heavy atom. The predicted octanol–water partition coefficient (Wildman–Crippen LogP) is 6.20. The van der Waals surface area contributed by atoms with Gasteiger partial charge in [0.15, 0.2) is 5.92 Å². The average Bonchev–Trinajstić information content (AvgIpc) is 3.85. The first-order chi connectivity index (χ1) is 34.0. The van der Waals surface area contributed by atoms with Crippen molar-refractivity contribution in [3.8, 4) is 17.6 Å². The molecule has 4 amide bonds. The van der Waals surface area contributed by atoms with Gasteiger partial charge >= 0.3 is 23.9 Å². The molecule has 7 atom stereocenters. The molecule has 0 aliphatic carbocycles. The van der Waals surface area contributed by atoms with Gasteiger partial charge in [-0.05, 0) is 53.4 Å². The molecule has 0 radical (unpaired) electrons. The molecule has 358 valence electrons. The molecule has 3 aliphatic heterocycles. The number of benzene rings is 5. The number of carbonyl (C=O) groups excluding carboxylic acids is 6. The van der Waals surface area contributed by atoms with E-state index in [2.05, 4.69) is 29.1 Å². The maximum atomic E-state index is 16.6. The van der Waals surface area contributed by atoms with Crippen LogP contribution >= 0.6 is 0 Å². The van der Waals surface area contributed by atoms with E-state index in [9.17, 15) is 14.7 Å². The Labute approximate surface area is 405 Å². The normalized spacial score (nSPS) is 21.6. The van der Waals surface area contributed by atoms with Crippen molar-refractivity contribution in [1.82, 2.24) is 15.5 Å². The van der Waals surface area contributed by atoms with Crippen LogP contribution in [0, 0.1) is 23.7 Å². The van der Waals surface area contributed by atoms with Gasteiger partial charge in [-0.25, -0.2) is 9.69 Å². The molecule has 2 fully saturated rings. The number of urea groups is 1. The number of hydrogen-bond acceptors (Lipinski definition) is 12. The first-order valence-electron chi connectivity index (χ1n) is 22.8. The second-order valence-corrected chi connectivity index (χ2v) is 17.0. The van der Waals surface area contributed by atoms with Gasteiger partial charge < -0.3 is 34.7 Å². The Hall–Kier alpha value is -8.06. The number of morpholine rings is 1. The number of methoxy groups -OCH3 is 2. The number of rotatable bonds is 14. The maximum absolute atomic E-state index is 16.6. The van der Waals surface area contributed by atoms with Crippen molar-refractivity contribution in [2.75, 3.05) is 38.9 Å². The smallest absolute Gasteiger partial charge is 0.329 e. The number of hydrogen-bond donors (Lipinski definition) is 3. The molecule has 0 unspecified atom stereocenters. The van der Waals surface area contributed by atoms with Crippen LogP contribution in [0.1, 0.15) is 71.0 Å². The molecule has 5 aromatic rings. The van der Waals surface area contributed by atoms with E-state index < -0.39 is 83.3 Å². The van der Waals surface area contributed by atoms with Gasteiger partial charge in [0, 0.05) is 24.1 Å². The molecule has 2 saturated heterocycles. The molecular formula is C55H52N4O11. The molecule has 3 aliphatic rings. The van der Waals surface area contributed by atoms with Gasteiger partial charge in [0.1, 0.15) is 29.9 Å². The van der Waals surface area contributed by atoms with Crippen molar-refractivity contribution < 1.29 is 52.8 Å². The van der Waals surface area contributed by atoms with Crippen molar-refractivity contribution in [3.63, 3.8) is 0 Å². The fraction of sp³-hybridized carbons (Fsp3) is 0.273. The Balaban J connectivity index is 1.45. The largest absolute Gasteiger partial charge is 0.491 e. The number of aliphatic hydroxyl groups excluding tert-OH is 1. The van der Waals surface area contributed by atoms with Crippen LogP contribution < -0.4 is 20.3 Å². The number of nitrogens with zero attached hydrogens (tertiary/aromatic N) is 2. The van der Waals surface area contributed by atoms with E-state index in [4.69, 9.17) is 18.9 Å². The topological polar surface area (TPSA) is 190 Å². The summed E-state index contributed by atoms with van der Waals surface area (Å²) in [5.74, 6) is -0.834. The van der Waals surface area contributed by atoms with E-state index in [0.717, 1.165) is 24.7 Å². The molecule has 0 saturated carbocycles. The third-order valence-electron chi connectivity index (χ3n) is 13.1. The number of carbonyl (C=O) groups is 6. The lowest BCUT2D eigenvalue weighted by Gasteiger charge is -2.46. The molecule has 0 aromatic heterocycles. The monoisotopic (exact) mass is 944 g/mol. The number of para-hydroxylation sites is 1. The van der Waals surface area contributed by atoms with Crippen LogP contribution in [0.15, 0.2) is 146 Å². The summed E-state index contributed by atoms with van der Waals surface area (Å²) in [6.45, 7) is 5.04. The predicted molar refractivity (Wildman–Crippen MR) is 257 cm³/mol. The van der Waals surface area contributed by atoms with E-state index in [1.165, 1.54) is 6.08 Å². The van der Waals surface area contributed by atoms with Crippen LogP contribution in [-0.2, 0) is 43.6 Å². The molecule has 3 N–H and O–H groups in total. The van der Waals surface area contributed by atoms with Gasteiger partial charge in [-0.2, -0.15) is 0 Å². The molecule has 70 heavy (non-hydrogen) atoms. The van der Waals surface area contributed by atoms with E-state index >= 15 is 19.2 Å². The summed E-state index contributed by atoms with van der Waals surface area (Å²) < 4.78 is 22.5. The molecule has 0 bridgehead atoms. The average molecular weight is 945 g/mol. The number of amides is 4. The lowest BCUT2D eigenvalue weighted by Crippen LogP contribution is -2.56. The number of nitrogens with one attached hydrogen (secondary N) is 2. The van der Waals surface area contributed by atoms with Gasteiger partial charge in [0.05, 0.1) is 50.6 Å². The van der Waals surface area contributed by atoms with Crippen LogP contribution in [0.5, 0.6) is 5.75 Å². The molecule has 1 spiro atoms. The number of anilines is 1. The minimum Gasteiger partial charge on any atom is -0.491 e. The number of aliphatic hydroxyl groups is 1. The third-order valence-corrected chi connectivity index (χ3v) is 13.1. The number of esters is 3. The zero-order chi connectivity index (χ0) is 49.5. The van der Waals surface area contributed by atoms with E-state index in [1.54, 1.807) is 49.4 Å². The van der Waals surface area contributed by atoms with Gasteiger partial charge in [-0.1, -0.05) is 127 Å². The van der Waals surface area contributed by atoms with Crippen molar-refractivity contribution in [3.05, 3.63) is 179 Å². The van der Waals surface area contributed by atoms with E-state index in [1.807, 2.05) is 95.9 Å². The fourth-order valence-corrected chi connectivity index (χ4v) is 10.1. The zero-order valence-corrected chi connectivity index (χ0v) is 38.8. The van der Waals surface area contributed by atoms with E-state index in [-0.39, 0.29) is 48.7 Å². The standard InChI is InChI=1S/C55H52N4O11/c1-5-30-56-49(61)44-46-52(64)70-47(38-23-13-8-14-24-38)45(37-21-11-7-12-22-37)59(46)48(39-25-15-16-27-43(39)69-32-31-60)55(44)41-33-35(18-17-26-40(50(62)67-3)51(63)68-4)28-29-42(41)58(53(55)65)54(66)57-34(2)36-19-9-6-10-20-36/h5-16,19-25,27-29,33-34,40,44-48,60H,1,26,30-32H2,2-4H3,(H,56,61)(H,57,66)/t34-,44-,45-,46-,47+,48+,55-/m1/s1. The van der Waals surface area contributed by atoms with E-state index in [0.29, 0.717) is 16.7 Å². The van der Waals surface area contributed by atoms with Gasteiger partial charge in [-0.15, -0.1) is 6.58 Å². The van der Waals surface area contributed by atoms with Crippen molar-refractivity contribution >= 4 is 41.4 Å². The summed E-state index contributed by atoms with van der Waals surface area (Å²) in [7, 11) is 2.29. The maximum Gasteiger partial charge on any atom is 0.329 e. The first-order valence-corrected chi connectivity index (χ1v) is 22.8. The van der Waals surface area contributed by atoms with Gasteiger partial charge in [0.25, 0.3) is 0 Å². The van der Waals surface area contributed by atoms with Crippen LogP contribution in [-0.4, -0.2) is 85.8 Å². The van der Waals surface area contributed by atoms with Crippen LogP contribution in [0.4, 0.5) is 10.5 Å². The number of cyclic esters (lactones) is 1. The summed E-state index contributed by atoms with van der Waals surface area (Å²) in [6.07, 6.45) is 0.200. The van der Waals surface area contributed by atoms with Gasteiger partial charge in [0.2, 0.25) is 11.8 Å². The Morgan fingerprint density at radius 3 is 2.11 bits per heavy atom. The van der Waals surface area contributed by atoms with Crippen LogP contribution in [0.2, 0.25) is 0 Å². The number of imide groups is 1. The highest BCUT2D eigenvalue weighted by Crippen LogP contribution is 2.66. The summed E-state index contributed by atoms with van der Waals surface area (Å²) in [6, 6.07) is 34.3. The Bertz CT molecular complexity index is 2830. The number of ether oxygens (including phenoxy) is 4. The molecule has 15 nitrogen and oxygen atoms in total. The van der Waals surface area contributed by atoms with Crippen LogP contribution in [0.25, 0.3) is 0 Å². The summed E-state index contributed by atoms with van der Waals surface area (Å²) in [4.78, 5) is 90.6. The summed E-state index contributed by atoms with van der Waals surface area (Å²) in [5, 5.41) is 16.0. The summed E-state index contributed by atoms with van der Waals surface area (Å²) in [5.41, 5.74) is 0.872. The minimum absolute atomic E-state index is 0.0459. The molecule has 5 aromatic carbocycles. The molecular weight excluding hydrogens is 893 g/mol.